The zero-order valence-corrected chi connectivity index (χ0v) is 15.9. The summed E-state index contributed by atoms with van der Waals surface area (Å²) in [7, 11) is 0. The summed E-state index contributed by atoms with van der Waals surface area (Å²) in [5.41, 5.74) is 5.67. The molecule has 0 bridgehead atoms. The quantitative estimate of drug-likeness (QED) is 0.886. The van der Waals surface area contributed by atoms with Crippen molar-refractivity contribution in [3.63, 3.8) is 0 Å². The summed E-state index contributed by atoms with van der Waals surface area (Å²) in [6.45, 7) is 8.59. The number of hydrogen-bond donors (Lipinski definition) is 1. The van der Waals surface area contributed by atoms with Crippen molar-refractivity contribution in [2.24, 2.45) is 5.92 Å². The summed E-state index contributed by atoms with van der Waals surface area (Å²) in [5, 5.41) is 2.99. The van der Waals surface area contributed by atoms with E-state index in [0.717, 1.165) is 47.5 Å². The molecule has 0 unspecified atom stereocenters. The van der Waals surface area contributed by atoms with Crippen LogP contribution in [-0.4, -0.2) is 18.4 Å². The van der Waals surface area contributed by atoms with Crippen LogP contribution in [0.15, 0.2) is 36.4 Å². The van der Waals surface area contributed by atoms with Crippen molar-refractivity contribution in [1.82, 2.24) is 0 Å². The Morgan fingerprint density at radius 3 is 2.38 bits per heavy atom. The van der Waals surface area contributed by atoms with Gasteiger partial charge in [-0.2, -0.15) is 0 Å². The Hall–Kier alpha value is -2.62. The van der Waals surface area contributed by atoms with E-state index in [0.29, 0.717) is 5.56 Å². The Balaban J connectivity index is 1.82. The first-order valence-electron chi connectivity index (χ1n) is 9.19. The van der Waals surface area contributed by atoms with Crippen molar-refractivity contribution in [2.45, 2.75) is 40.5 Å². The lowest BCUT2D eigenvalue weighted by atomic mass is 9.99. The van der Waals surface area contributed by atoms with Gasteiger partial charge in [-0.25, -0.2) is 0 Å². The second kappa shape index (κ2) is 7.32. The van der Waals surface area contributed by atoms with E-state index < -0.39 is 0 Å². The van der Waals surface area contributed by atoms with Gasteiger partial charge in [-0.15, -0.1) is 0 Å². The highest BCUT2D eigenvalue weighted by atomic mass is 16.2. The highest BCUT2D eigenvalue weighted by Crippen LogP contribution is 2.31. The van der Waals surface area contributed by atoms with E-state index in [1.165, 1.54) is 0 Å². The number of hydrogen-bond acceptors (Lipinski definition) is 2. The maximum atomic E-state index is 12.6. The second-order valence-corrected chi connectivity index (χ2v) is 7.42. The number of rotatable bonds is 3. The molecular formula is C22H26N2O2. The largest absolute Gasteiger partial charge is 0.322 e. The van der Waals surface area contributed by atoms with Crippen LogP contribution in [0.3, 0.4) is 0 Å². The number of carbonyl (C=O) groups excluding carboxylic acids is 2. The number of fused-ring (bicyclic) bond motifs is 1. The molecule has 1 heterocycles. The summed E-state index contributed by atoms with van der Waals surface area (Å²) in [6.07, 6.45) is 1.87. The van der Waals surface area contributed by atoms with Crippen molar-refractivity contribution in [2.75, 3.05) is 16.8 Å². The van der Waals surface area contributed by atoms with Crippen LogP contribution in [-0.2, 0) is 11.2 Å². The third-order valence-corrected chi connectivity index (χ3v) is 4.70. The lowest BCUT2D eigenvalue weighted by Gasteiger charge is -2.31. The lowest BCUT2D eigenvalue weighted by molar-refractivity contribution is -0.121. The number of amides is 2. The molecule has 0 fully saturated rings. The number of carbonyl (C=O) groups is 2. The topological polar surface area (TPSA) is 49.4 Å². The Morgan fingerprint density at radius 2 is 1.73 bits per heavy atom. The Bertz CT molecular complexity index is 835. The molecule has 4 nitrogen and oxygen atoms in total. The van der Waals surface area contributed by atoms with Gasteiger partial charge in [-0.3, -0.25) is 9.59 Å². The molecule has 0 radical (unpaired) electrons. The van der Waals surface area contributed by atoms with Gasteiger partial charge in [0.1, 0.15) is 0 Å². The van der Waals surface area contributed by atoms with Crippen LogP contribution in [0.4, 0.5) is 11.4 Å². The number of nitrogens with zero attached hydrogens (tertiary/aromatic N) is 1. The fourth-order valence-corrected chi connectivity index (χ4v) is 3.52. The van der Waals surface area contributed by atoms with Crippen molar-refractivity contribution in [1.29, 1.82) is 0 Å². The van der Waals surface area contributed by atoms with Crippen LogP contribution >= 0.6 is 0 Å². The highest BCUT2D eigenvalue weighted by molar-refractivity contribution is 6.05. The van der Waals surface area contributed by atoms with Crippen LogP contribution < -0.4 is 10.2 Å². The first-order chi connectivity index (χ1) is 12.3. The lowest BCUT2D eigenvalue weighted by Crippen LogP contribution is -2.38. The Kier molecular flexibility index (Phi) is 5.12. The monoisotopic (exact) mass is 350 g/mol. The van der Waals surface area contributed by atoms with Gasteiger partial charge in [0.15, 0.2) is 0 Å². The van der Waals surface area contributed by atoms with Crippen LogP contribution in [0.2, 0.25) is 0 Å². The molecule has 1 aliphatic heterocycles. The first kappa shape index (κ1) is 18.2. The maximum absolute atomic E-state index is 12.6. The van der Waals surface area contributed by atoms with E-state index >= 15 is 0 Å². The molecule has 1 N–H and O–H groups in total. The fraction of sp³-hybridized carbons (Fsp3) is 0.364. The summed E-state index contributed by atoms with van der Waals surface area (Å²) in [4.78, 5) is 26.9. The zero-order chi connectivity index (χ0) is 18.8. The summed E-state index contributed by atoms with van der Waals surface area (Å²) >= 11 is 0. The Labute approximate surface area is 155 Å². The van der Waals surface area contributed by atoms with Crippen LogP contribution in [0.1, 0.15) is 47.3 Å². The van der Waals surface area contributed by atoms with E-state index in [2.05, 4.69) is 11.4 Å². The van der Waals surface area contributed by atoms with Crippen molar-refractivity contribution < 1.29 is 9.59 Å². The number of aryl methyl sites for hydroxylation is 3. The van der Waals surface area contributed by atoms with Gasteiger partial charge in [0, 0.05) is 29.4 Å². The van der Waals surface area contributed by atoms with E-state index in [1.807, 2.05) is 62.9 Å². The van der Waals surface area contributed by atoms with E-state index in [-0.39, 0.29) is 17.7 Å². The fourth-order valence-electron chi connectivity index (χ4n) is 3.52. The summed E-state index contributed by atoms with van der Waals surface area (Å²) in [6, 6.07) is 11.7. The van der Waals surface area contributed by atoms with Gasteiger partial charge in [-0.05, 0) is 62.6 Å². The average molecular weight is 350 g/mol. The molecule has 0 aromatic heterocycles. The highest BCUT2D eigenvalue weighted by Gasteiger charge is 2.24. The minimum atomic E-state index is -0.109. The zero-order valence-electron chi connectivity index (χ0n) is 15.9. The number of nitrogens with one attached hydrogen (secondary N) is 1. The molecule has 26 heavy (non-hydrogen) atoms. The molecule has 0 saturated heterocycles. The normalized spacial score (nSPS) is 13.5. The first-order valence-corrected chi connectivity index (χ1v) is 9.19. The van der Waals surface area contributed by atoms with E-state index in [9.17, 15) is 9.59 Å². The summed E-state index contributed by atoms with van der Waals surface area (Å²) < 4.78 is 0. The molecule has 0 atom stereocenters. The third-order valence-electron chi connectivity index (χ3n) is 4.70. The van der Waals surface area contributed by atoms with Gasteiger partial charge in [-0.1, -0.05) is 31.0 Å². The van der Waals surface area contributed by atoms with Crippen LogP contribution in [0.5, 0.6) is 0 Å². The molecule has 4 heteroatoms. The van der Waals surface area contributed by atoms with Crippen LogP contribution in [0.25, 0.3) is 0 Å². The molecule has 1 aliphatic rings. The van der Waals surface area contributed by atoms with Crippen molar-refractivity contribution in [3.8, 4) is 0 Å². The maximum Gasteiger partial charge on any atom is 0.255 e. The molecule has 2 aromatic rings. The van der Waals surface area contributed by atoms with E-state index in [1.54, 1.807) is 0 Å². The van der Waals surface area contributed by atoms with Gasteiger partial charge >= 0.3 is 0 Å². The number of benzene rings is 2. The molecule has 0 aliphatic carbocycles. The minimum Gasteiger partial charge on any atom is -0.322 e. The van der Waals surface area contributed by atoms with Crippen molar-refractivity contribution in [3.05, 3.63) is 58.7 Å². The summed E-state index contributed by atoms with van der Waals surface area (Å²) in [5.74, 6) is 0.0190. The van der Waals surface area contributed by atoms with Gasteiger partial charge in [0.25, 0.3) is 5.91 Å². The minimum absolute atomic E-state index is 0.0233. The molecule has 2 amide bonds. The van der Waals surface area contributed by atoms with Gasteiger partial charge < -0.3 is 10.2 Å². The van der Waals surface area contributed by atoms with Gasteiger partial charge in [0.05, 0.1) is 0 Å². The van der Waals surface area contributed by atoms with E-state index in [4.69, 9.17) is 0 Å². The van der Waals surface area contributed by atoms with Crippen molar-refractivity contribution >= 4 is 23.2 Å². The molecular weight excluding hydrogens is 324 g/mol. The SMILES string of the molecule is Cc1cc(C)cc(C(=O)Nc2ccc3c(c2)CCCN3C(=O)C(C)C)c1. The average Bonchev–Trinajstić information content (AvgIpc) is 2.59. The molecule has 136 valence electrons. The van der Waals surface area contributed by atoms with Gasteiger partial charge in [0.2, 0.25) is 5.91 Å². The Morgan fingerprint density at radius 1 is 1.04 bits per heavy atom. The molecule has 0 saturated carbocycles. The molecule has 3 rings (SSSR count). The predicted octanol–water partition coefficient (Wildman–Crippen LogP) is 4.49. The molecule has 0 spiro atoms. The predicted molar refractivity (Wildman–Crippen MR) is 106 cm³/mol. The second-order valence-electron chi connectivity index (χ2n) is 7.42. The standard InChI is InChI=1S/C22H26N2O2/c1-14(2)22(26)24-9-5-6-17-13-19(7-8-20(17)24)23-21(25)18-11-15(3)10-16(4)12-18/h7-8,10-14H,5-6,9H2,1-4H3,(H,23,25). The molecule has 2 aromatic carbocycles. The van der Waals surface area contributed by atoms with Crippen LogP contribution in [0, 0.1) is 19.8 Å². The third kappa shape index (κ3) is 3.79. The smallest absolute Gasteiger partial charge is 0.255 e. The number of anilines is 2.